The van der Waals surface area contributed by atoms with Crippen LogP contribution in [0.4, 0.5) is 5.82 Å². The molecule has 0 saturated heterocycles. The molecule has 0 bridgehead atoms. The van der Waals surface area contributed by atoms with Crippen molar-refractivity contribution in [3.63, 3.8) is 0 Å². The van der Waals surface area contributed by atoms with Crippen molar-refractivity contribution in [2.75, 3.05) is 5.32 Å². The number of nitrogens with zero attached hydrogens (tertiary/aromatic N) is 4. The first-order valence-corrected chi connectivity index (χ1v) is 8.90. The molecule has 4 rings (SSSR count). The Bertz CT molecular complexity index is 1140. The van der Waals surface area contributed by atoms with Gasteiger partial charge in [0.2, 0.25) is 5.91 Å². The number of hydrogen-bond donors (Lipinski definition) is 1. The first kappa shape index (κ1) is 17.3. The van der Waals surface area contributed by atoms with Crippen LogP contribution < -0.4 is 5.32 Å². The van der Waals surface area contributed by atoms with Crippen LogP contribution in [-0.4, -0.2) is 25.5 Å². The van der Waals surface area contributed by atoms with Gasteiger partial charge >= 0.3 is 0 Å². The summed E-state index contributed by atoms with van der Waals surface area (Å²) >= 11 is 6.29. The summed E-state index contributed by atoms with van der Waals surface area (Å²) in [5, 5.41) is 13.1. The number of carbonyl (C=O) groups excluding carboxylic acids is 1. The third kappa shape index (κ3) is 3.44. The van der Waals surface area contributed by atoms with E-state index >= 15 is 0 Å². The highest BCUT2D eigenvalue weighted by Crippen LogP contribution is 2.30. The van der Waals surface area contributed by atoms with Gasteiger partial charge in [0.15, 0.2) is 0 Å². The molecule has 0 aliphatic carbocycles. The third-order valence-corrected chi connectivity index (χ3v) is 4.72. The number of aromatic nitrogens is 4. The smallest absolute Gasteiger partial charge is 0.247 e. The van der Waals surface area contributed by atoms with E-state index in [0.29, 0.717) is 10.8 Å². The Labute approximate surface area is 161 Å². The van der Waals surface area contributed by atoms with Crippen LogP contribution in [0.2, 0.25) is 5.02 Å². The number of hydrogen-bond acceptors (Lipinski definition) is 3. The van der Waals surface area contributed by atoms with Gasteiger partial charge in [0.05, 0.1) is 17.4 Å². The second-order valence-electron chi connectivity index (χ2n) is 6.40. The summed E-state index contributed by atoms with van der Waals surface area (Å²) in [6, 6.07) is 15.5. The quantitative estimate of drug-likeness (QED) is 0.582. The molecule has 1 amide bonds. The average molecular weight is 380 g/mol. The predicted molar refractivity (Wildman–Crippen MR) is 107 cm³/mol. The molecule has 27 heavy (non-hydrogen) atoms. The maximum Gasteiger partial charge on any atom is 0.247 e. The maximum absolute atomic E-state index is 12.4. The molecule has 0 fully saturated rings. The molecule has 2 aromatic carbocycles. The Morgan fingerprint density at radius 1 is 1.19 bits per heavy atom. The molecule has 0 saturated carbocycles. The minimum Gasteiger partial charge on any atom is -0.309 e. The number of fused-ring (bicyclic) bond motifs is 1. The predicted octanol–water partition coefficient (Wildman–Crippen LogP) is 4.04. The lowest BCUT2D eigenvalue weighted by molar-refractivity contribution is -0.116. The van der Waals surface area contributed by atoms with Crippen LogP contribution in [0.1, 0.15) is 5.69 Å². The molecule has 0 unspecified atom stereocenters. The Hall–Kier alpha value is -3.12. The first-order valence-electron chi connectivity index (χ1n) is 8.52. The average Bonchev–Trinajstić information content (AvgIpc) is 3.17. The lowest BCUT2D eigenvalue weighted by Crippen LogP contribution is -2.20. The van der Waals surface area contributed by atoms with Crippen LogP contribution in [0.25, 0.3) is 22.0 Å². The van der Waals surface area contributed by atoms with Gasteiger partial charge in [-0.05, 0) is 30.7 Å². The molecule has 136 valence electrons. The van der Waals surface area contributed by atoms with Crippen LogP contribution in [-0.2, 0) is 18.4 Å². The van der Waals surface area contributed by atoms with Crippen molar-refractivity contribution in [3.8, 4) is 11.1 Å². The van der Waals surface area contributed by atoms with Crippen molar-refractivity contribution in [1.82, 2.24) is 19.6 Å². The topological polar surface area (TPSA) is 64.7 Å². The molecule has 0 aliphatic rings. The molecule has 6 nitrogen and oxygen atoms in total. The van der Waals surface area contributed by atoms with E-state index < -0.39 is 0 Å². The SMILES string of the molecule is Cc1cc(NC(=O)Cn2ncc3cc(-c4ccccc4Cl)ccc32)n(C)n1. The molecule has 1 N–H and O–H groups in total. The zero-order valence-electron chi connectivity index (χ0n) is 15.0. The summed E-state index contributed by atoms with van der Waals surface area (Å²) in [6.45, 7) is 2.01. The van der Waals surface area contributed by atoms with E-state index in [9.17, 15) is 4.79 Å². The molecule has 0 spiro atoms. The number of rotatable bonds is 4. The summed E-state index contributed by atoms with van der Waals surface area (Å²) in [5.74, 6) is 0.508. The lowest BCUT2D eigenvalue weighted by atomic mass is 10.0. The molecule has 0 aliphatic heterocycles. The van der Waals surface area contributed by atoms with E-state index in [1.54, 1.807) is 22.6 Å². The zero-order chi connectivity index (χ0) is 19.0. The number of amides is 1. The van der Waals surface area contributed by atoms with Gasteiger partial charge in [-0.25, -0.2) is 0 Å². The highest BCUT2D eigenvalue weighted by atomic mass is 35.5. The second-order valence-corrected chi connectivity index (χ2v) is 6.81. The van der Waals surface area contributed by atoms with Crippen molar-refractivity contribution in [2.24, 2.45) is 7.05 Å². The van der Waals surface area contributed by atoms with Gasteiger partial charge in [0.1, 0.15) is 12.4 Å². The highest BCUT2D eigenvalue weighted by molar-refractivity contribution is 6.33. The summed E-state index contributed by atoms with van der Waals surface area (Å²) < 4.78 is 3.33. The first-order chi connectivity index (χ1) is 13.0. The minimum absolute atomic E-state index is 0.124. The molecule has 4 aromatic rings. The largest absolute Gasteiger partial charge is 0.309 e. The van der Waals surface area contributed by atoms with E-state index in [2.05, 4.69) is 15.5 Å². The molecular formula is C20H18ClN5O. The standard InChI is InChI=1S/C20H18ClN5O/c1-13-9-19(25(2)24-13)23-20(27)12-26-18-8-7-14(10-15(18)11-22-26)16-5-3-4-6-17(16)21/h3-11H,12H2,1-2H3,(H,23,27). The Kier molecular flexibility index (Phi) is 4.41. The van der Waals surface area contributed by atoms with Crippen molar-refractivity contribution < 1.29 is 4.79 Å². The fourth-order valence-corrected chi connectivity index (χ4v) is 3.37. The fraction of sp³-hybridized carbons (Fsp3) is 0.150. The van der Waals surface area contributed by atoms with Gasteiger partial charge < -0.3 is 5.32 Å². The molecule has 0 radical (unpaired) electrons. The lowest BCUT2D eigenvalue weighted by Gasteiger charge is -2.07. The number of anilines is 1. The van der Waals surface area contributed by atoms with Crippen LogP contribution >= 0.6 is 11.6 Å². The second kappa shape index (κ2) is 6.89. The van der Waals surface area contributed by atoms with Gasteiger partial charge in [-0.2, -0.15) is 10.2 Å². The number of aryl methyl sites for hydroxylation is 2. The van der Waals surface area contributed by atoms with Gasteiger partial charge in [0, 0.05) is 29.1 Å². The van der Waals surface area contributed by atoms with E-state index in [1.165, 1.54) is 0 Å². The minimum atomic E-state index is -0.154. The Morgan fingerprint density at radius 2 is 2.00 bits per heavy atom. The normalized spacial score (nSPS) is 11.1. The van der Waals surface area contributed by atoms with Crippen LogP contribution in [0.15, 0.2) is 54.7 Å². The zero-order valence-corrected chi connectivity index (χ0v) is 15.7. The summed E-state index contributed by atoms with van der Waals surface area (Å²) in [6.07, 6.45) is 1.76. The summed E-state index contributed by atoms with van der Waals surface area (Å²) in [7, 11) is 1.79. The van der Waals surface area contributed by atoms with E-state index in [1.807, 2.05) is 55.5 Å². The van der Waals surface area contributed by atoms with Gasteiger partial charge in [-0.15, -0.1) is 0 Å². The third-order valence-electron chi connectivity index (χ3n) is 4.39. The van der Waals surface area contributed by atoms with E-state index in [0.717, 1.165) is 27.7 Å². The monoisotopic (exact) mass is 379 g/mol. The van der Waals surface area contributed by atoms with Crippen molar-refractivity contribution in [2.45, 2.75) is 13.5 Å². The van der Waals surface area contributed by atoms with Crippen LogP contribution in [0.3, 0.4) is 0 Å². The number of carbonyl (C=O) groups is 1. The fourth-order valence-electron chi connectivity index (χ4n) is 3.12. The Morgan fingerprint density at radius 3 is 2.74 bits per heavy atom. The van der Waals surface area contributed by atoms with Gasteiger partial charge in [-0.3, -0.25) is 14.2 Å². The van der Waals surface area contributed by atoms with Gasteiger partial charge in [0.25, 0.3) is 0 Å². The summed E-state index contributed by atoms with van der Waals surface area (Å²) in [5.41, 5.74) is 3.73. The van der Waals surface area contributed by atoms with E-state index in [4.69, 9.17) is 11.6 Å². The molecule has 0 atom stereocenters. The van der Waals surface area contributed by atoms with Crippen molar-refractivity contribution >= 4 is 34.2 Å². The number of nitrogens with one attached hydrogen (secondary N) is 1. The molecule has 7 heteroatoms. The van der Waals surface area contributed by atoms with Crippen LogP contribution in [0, 0.1) is 6.92 Å². The highest BCUT2D eigenvalue weighted by Gasteiger charge is 2.12. The number of halogens is 1. The van der Waals surface area contributed by atoms with Crippen molar-refractivity contribution in [1.29, 1.82) is 0 Å². The van der Waals surface area contributed by atoms with Gasteiger partial charge in [-0.1, -0.05) is 35.9 Å². The molecule has 2 heterocycles. The molecule has 2 aromatic heterocycles. The van der Waals surface area contributed by atoms with E-state index in [-0.39, 0.29) is 12.5 Å². The maximum atomic E-state index is 12.4. The molecular weight excluding hydrogens is 362 g/mol. The number of benzene rings is 2. The summed E-state index contributed by atoms with van der Waals surface area (Å²) in [4.78, 5) is 12.4. The Balaban J connectivity index is 1.57. The van der Waals surface area contributed by atoms with Crippen LogP contribution in [0.5, 0.6) is 0 Å². The van der Waals surface area contributed by atoms with Crippen molar-refractivity contribution in [3.05, 3.63) is 65.4 Å².